The molecule has 190 valence electrons. The van der Waals surface area contributed by atoms with E-state index in [1.54, 1.807) is 37.4 Å². The minimum atomic E-state index is -0.587. The molecule has 2 aromatic carbocycles. The predicted molar refractivity (Wildman–Crippen MR) is 134 cm³/mol. The highest BCUT2D eigenvalue weighted by Crippen LogP contribution is 2.17. The molecule has 35 heavy (non-hydrogen) atoms. The molecule has 2 heterocycles. The zero-order valence-corrected chi connectivity index (χ0v) is 20.9. The number of hydrogen-bond donors (Lipinski definition) is 1. The van der Waals surface area contributed by atoms with Crippen molar-refractivity contribution < 1.29 is 24.1 Å². The van der Waals surface area contributed by atoms with E-state index in [9.17, 15) is 9.90 Å². The molecule has 2 fully saturated rings. The van der Waals surface area contributed by atoms with Crippen LogP contribution in [0.5, 0.6) is 11.5 Å². The highest BCUT2D eigenvalue weighted by Gasteiger charge is 2.27. The number of rotatable bonds is 9. The monoisotopic (exact) mass is 503 g/mol. The lowest BCUT2D eigenvalue weighted by atomic mass is 10.1. The number of aliphatic hydroxyl groups excluding tert-OH is 1. The van der Waals surface area contributed by atoms with Crippen molar-refractivity contribution in [3.8, 4) is 11.5 Å². The standard InChI is InChI=1S/C26H34ClN3O5/c1-33-24-4-2-3-20(15-24)26(32)30-11-9-28(10-12-30)17-25-18-29(13-14-34-25)16-22(31)19-35-23-7-5-21(27)6-8-23/h2-8,15,22,25,31H,9-14,16-19H2,1H3. The second kappa shape index (κ2) is 12.6. The van der Waals surface area contributed by atoms with Gasteiger partial charge in [0.1, 0.15) is 24.2 Å². The number of halogens is 1. The predicted octanol–water partition coefficient (Wildman–Crippen LogP) is 2.25. The average Bonchev–Trinajstić information content (AvgIpc) is 2.88. The van der Waals surface area contributed by atoms with Gasteiger partial charge in [-0.25, -0.2) is 0 Å². The third-order valence-electron chi connectivity index (χ3n) is 6.39. The van der Waals surface area contributed by atoms with Gasteiger partial charge in [-0.2, -0.15) is 0 Å². The lowest BCUT2D eigenvalue weighted by Gasteiger charge is -2.39. The molecule has 1 N–H and O–H groups in total. The minimum Gasteiger partial charge on any atom is -0.497 e. The Bertz CT molecular complexity index is 952. The summed E-state index contributed by atoms with van der Waals surface area (Å²) in [5.41, 5.74) is 0.655. The molecule has 2 aromatic rings. The number of β-amino-alcohol motifs (C(OH)–C–C–N with tert-alkyl or cyclic N) is 1. The Morgan fingerprint density at radius 1 is 1.09 bits per heavy atom. The van der Waals surface area contributed by atoms with Crippen molar-refractivity contribution in [2.45, 2.75) is 12.2 Å². The summed E-state index contributed by atoms with van der Waals surface area (Å²) in [6.07, 6.45) is -0.510. The maximum Gasteiger partial charge on any atom is 0.254 e. The van der Waals surface area contributed by atoms with Crippen LogP contribution in [0.1, 0.15) is 10.4 Å². The Labute approximate surface area is 211 Å². The van der Waals surface area contributed by atoms with Crippen LogP contribution in [-0.2, 0) is 4.74 Å². The van der Waals surface area contributed by atoms with Gasteiger partial charge in [0.05, 0.1) is 19.8 Å². The molecule has 0 bridgehead atoms. The van der Waals surface area contributed by atoms with Crippen LogP contribution in [0.15, 0.2) is 48.5 Å². The minimum absolute atomic E-state index is 0.0402. The van der Waals surface area contributed by atoms with E-state index in [0.29, 0.717) is 48.3 Å². The molecule has 1 amide bonds. The number of aliphatic hydroxyl groups is 1. The van der Waals surface area contributed by atoms with Gasteiger partial charge in [-0.05, 0) is 42.5 Å². The summed E-state index contributed by atoms with van der Waals surface area (Å²) < 4.78 is 16.9. The summed E-state index contributed by atoms with van der Waals surface area (Å²) in [4.78, 5) is 19.3. The van der Waals surface area contributed by atoms with Crippen LogP contribution in [0.2, 0.25) is 5.02 Å². The molecule has 4 rings (SSSR count). The number of morpholine rings is 1. The highest BCUT2D eigenvalue weighted by atomic mass is 35.5. The quantitative estimate of drug-likeness (QED) is 0.562. The van der Waals surface area contributed by atoms with Crippen molar-refractivity contribution in [3.63, 3.8) is 0 Å². The number of hydrogen-bond acceptors (Lipinski definition) is 7. The van der Waals surface area contributed by atoms with Gasteiger partial charge in [0, 0.05) is 62.9 Å². The SMILES string of the molecule is COc1cccc(C(=O)N2CCN(CC3CN(CC(O)COc4ccc(Cl)cc4)CCO3)CC2)c1. The van der Waals surface area contributed by atoms with Crippen LogP contribution in [0.25, 0.3) is 0 Å². The van der Waals surface area contributed by atoms with Gasteiger partial charge in [-0.3, -0.25) is 14.6 Å². The largest absolute Gasteiger partial charge is 0.497 e. The van der Waals surface area contributed by atoms with E-state index in [1.165, 1.54) is 0 Å². The molecule has 0 saturated carbocycles. The molecule has 0 radical (unpaired) electrons. The zero-order chi connectivity index (χ0) is 24.6. The van der Waals surface area contributed by atoms with Crippen molar-refractivity contribution in [3.05, 3.63) is 59.1 Å². The maximum atomic E-state index is 12.8. The van der Waals surface area contributed by atoms with Crippen molar-refractivity contribution in [1.82, 2.24) is 14.7 Å². The molecule has 0 spiro atoms. The summed E-state index contributed by atoms with van der Waals surface area (Å²) in [6.45, 7) is 6.78. The first-order valence-electron chi connectivity index (χ1n) is 12.1. The van der Waals surface area contributed by atoms with E-state index < -0.39 is 6.10 Å². The number of carbonyl (C=O) groups is 1. The van der Waals surface area contributed by atoms with E-state index in [1.807, 2.05) is 23.1 Å². The first-order valence-corrected chi connectivity index (χ1v) is 12.4. The fourth-order valence-electron chi connectivity index (χ4n) is 4.49. The molecule has 2 aliphatic heterocycles. The molecule has 0 aromatic heterocycles. The molecule has 9 heteroatoms. The summed E-state index contributed by atoms with van der Waals surface area (Å²) in [5.74, 6) is 1.42. The fourth-order valence-corrected chi connectivity index (χ4v) is 4.62. The molecular weight excluding hydrogens is 470 g/mol. The Morgan fingerprint density at radius 3 is 2.60 bits per heavy atom. The average molecular weight is 504 g/mol. The lowest BCUT2D eigenvalue weighted by molar-refractivity contribution is -0.0591. The van der Waals surface area contributed by atoms with E-state index in [0.717, 1.165) is 32.7 Å². The zero-order valence-electron chi connectivity index (χ0n) is 20.1. The van der Waals surface area contributed by atoms with Gasteiger partial charge in [0.25, 0.3) is 5.91 Å². The summed E-state index contributed by atoms with van der Waals surface area (Å²) in [7, 11) is 1.60. The molecule has 2 aliphatic rings. The van der Waals surface area contributed by atoms with Crippen LogP contribution in [0, 0.1) is 0 Å². The van der Waals surface area contributed by atoms with Crippen molar-refractivity contribution >= 4 is 17.5 Å². The van der Waals surface area contributed by atoms with E-state index in [-0.39, 0.29) is 18.6 Å². The smallest absolute Gasteiger partial charge is 0.254 e. The maximum absolute atomic E-state index is 12.8. The second-order valence-corrected chi connectivity index (χ2v) is 9.43. The van der Waals surface area contributed by atoms with Gasteiger partial charge in [-0.1, -0.05) is 17.7 Å². The van der Waals surface area contributed by atoms with Crippen LogP contribution in [-0.4, -0.2) is 111 Å². The summed E-state index contributed by atoms with van der Waals surface area (Å²) in [6, 6.07) is 14.4. The van der Waals surface area contributed by atoms with Gasteiger partial charge in [0.15, 0.2) is 0 Å². The van der Waals surface area contributed by atoms with E-state index >= 15 is 0 Å². The second-order valence-electron chi connectivity index (χ2n) is 9.00. The first-order chi connectivity index (χ1) is 17.0. The third-order valence-corrected chi connectivity index (χ3v) is 6.64. The normalized spacial score (nSPS) is 20.4. The van der Waals surface area contributed by atoms with E-state index in [2.05, 4.69) is 9.80 Å². The summed E-state index contributed by atoms with van der Waals surface area (Å²) in [5, 5.41) is 11.1. The number of piperazine rings is 1. The number of carbonyl (C=O) groups excluding carboxylic acids is 1. The van der Waals surface area contributed by atoms with Gasteiger partial charge in [-0.15, -0.1) is 0 Å². The number of methoxy groups -OCH3 is 1. The fraction of sp³-hybridized carbons (Fsp3) is 0.500. The summed E-state index contributed by atoms with van der Waals surface area (Å²) >= 11 is 5.89. The van der Waals surface area contributed by atoms with Crippen LogP contribution in [0.3, 0.4) is 0 Å². The van der Waals surface area contributed by atoms with Gasteiger partial charge < -0.3 is 24.2 Å². The Hall–Kier alpha value is -2.36. The van der Waals surface area contributed by atoms with Crippen molar-refractivity contribution in [1.29, 1.82) is 0 Å². The van der Waals surface area contributed by atoms with Crippen LogP contribution in [0.4, 0.5) is 0 Å². The molecule has 8 nitrogen and oxygen atoms in total. The Morgan fingerprint density at radius 2 is 1.86 bits per heavy atom. The first kappa shape index (κ1) is 25.7. The van der Waals surface area contributed by atoms with Gasteiger partial charge in [0.2, 0.25) is 0 Å². The van der Waals surface area contributed by atoms with Crippen molar-refractivity contribution in [2.24, 2.45) is 0 Å². The molecule has 0 aliphatic carbocycles. The number of benzene rings is 2. The topological polar surface area (TPSA) is 74.7 Å². The molecule has 2 saturated heterocycles. The number of ether oxygens (including phenoxy) is 3. The molecular formula is C26H34ClN3O5. The molecule has 2 atom stereocenters. The van der Waals surface area contributed by atoms with Crippen LogP contribution >= 0.6 is 11.6 Å². The van der Waals surface area contributed by atoms with E-state index in [4.69, 9.17) is 25.8 Å². The van der Waals surface area contributed by atoms with Gasteiger partial charge >= 0.3 is 0 Å². The third kappa shape index (κ3) is 7.56. The lowest BCUT2D eigenvalue weighted by Crippen LogP contribution is -2.54. The van der Waals surface area contributed by atoms with Crippen LogP contribution < -0.4 is 9.47 Å². The Kier molecular flexibility index (Phi) is 9.23. The molecule has 2 unspecified atom stereocenters. The van der Waals surface area contributed by atoms with Crippen molar-refractivity contribution in [2.75, 3.05) is 72.7 Å². The number of amides is 1. The Balaban J connectivity index is 1.18. The number of nitrogens with zero attached hydrogens (tertiary/aromatic N) is 3. The highest BCUT2D eigenvalue weighted by molar-refractivity contribution is 6.30.